The number of imidazole rings is 1. The van der Waals surface area contributed by atoms with Crippen LogP contribution in [0, 0.1) is 0 Å². The largest absolute Gasteiger partial charge is 0.497 e. The molecule has 1 N–H and O–H groups in total. The maximum atomic E-state index is 12.9. The first kappa shape index (κ1) is 28.6. The van der Waals surface area contributed by atoms with Gasteiger partial charge in [-0.1, -0.05) is 41.4 Å². The molecule has 44 heavy (non-hydrogen) atoms. The number of hydrogen-bond acceptors (Lipinski definition) is 5. The van der Waals surface area contributed by atoms with E-state index >= 15 is 0 Å². The maximum Gasteiger partial charge on any atom is 0.410 e. The number of likely N-dealkylation sites (tertiary alicyclic amines) is 1. The van der Waals surface area contributed by atoms with Gasteiger partial charge in [0.2, 0.25) is 6.23 Å². The topological polar surface area (TPSA) is 81.6 Å². The lowest BCUT2D eigenvalue weighted by Gasteiger charge is -2.31. The molecule has 2 atom stereocenters. The SMILES string of the molecule is COc1cccc(C2Oc3cc(-c4cnc(C5CCCN5C(=O)OC(C)(C)C)[nH]4)ccc3-c3c(Cl)c4cc(Cl)ccc4n32)c1. The third-order valence-electron chi connectivity index (χ3n) is 8.10. The number of nitrogens with one attached hydrogen (secondary N) is 1. The normalized spacial score (nSPS) is 17.7. The molecule has 7 rings (SSSR count). The lowest BCUT2D eigenvalue weighted by atomic mass is 10.0. The van der Waals surface area contributed by atoms with Gasteiger partial charge in [-0.15, -0.1) is 0 Å². The number of methoxy groups -OCH3 is 1. The van der Waals surface area contributed by atoms with Gasteiger partial charge in [0.05, 0.1) is 41.3 Å². The maximum absolute atomic E-state index is 12.9. The third kappa shape index (κ3) is 4.96. The standard InChI is InChI=1S/C34H32Cl2N4O4/c1-34(2,3)44-33(41)39-14-6-9-27(39)31-37-18-25(38-31)19-10-12-23-28(16-19)43-32(20-7-5-8-22(15-20)42-4)40-26-13-11-21(35)17-24(26)29(36)30(23)40/h5,7-8,10-13,15-18,27,32H,6,9,14H2,1-4H3,(H,37,38). The highest BCUT2D eigenvalue weighted by Crippen LogP contribution is 2.50. The molecule has 0 spiro atoms. The summed E-state index contributed by atoms with van der Waals surface area (Å²) in [4.78, 5) is 22.8. The fraction of sp³-hybridized carbons (Fsp3) is 0.294. The summed E-state index contributed by atoms with van der Waals surface area (Å²) in [6.07, 6.45) is 2.68. The van der Waals surface area contributed by atoms with Crippen LogP contribution in [0.2, 0.25) is 10.0 Å². The lowest BCUT2D eigenvalue weighted by Crippen LogP contribution is -2.36. The number of nitrogens with zero attached hydrogens (tertiary/aromatic N) is 3. The zero-order chi connectivity index (χ0) is 30.7. The van der Waals surface area contributed by atoms with E-state index in [1.54, 1.807) is 18.2 Å². The van der Waals surface area contributed by atoms with Crippen LogP contribution in [-0.2, 0) is 4.74 Å². The number of H-pyrrole nitrogens is 1. The highest BCUT2D eigenvalue weighted by Gasteiger charge is 2.36. The van der Waals surface area contributed by atoms with Crippen LogP contribution in [0.1, 0.15) is 57.3 Å². The molecule has 4 heterocycles. The van der Waals surface area contributed by atoms with Crippen LogP contribution in [0.25, 0.3) is 33.4 Å². The van der Waals surface area contributed by atoms with E-state index in [0.717, 1.165) is 63.4 Å². The number of carbonyl (C=O) groups excluding carboxylic acids is 1. The van der Waals surface area contributed by atoms with Crippen molar-refractivity contribution in [1.82, 2.24) is 19.4 Å². The molecule has 3 aromatic carbocycles. The molecule has 226 valence electrons. The van der Waals surface area contributed by atoms with Gasteiger partial charge in [0.1, 0.15) is 22.9 Å². The molecule has 0 bridgehead atoms. The fourth-order valence-electron chi connectivity index (χ4n) is 6.15. The van der Waals surface area contributed by atoms with Crippen molar-refractivity contribution in [3.8, 4) is 34.0 Å². The summed E-state index contributed by atoms with van der Waals surface area (Å²) in [5, 5.41) is 2.08. The second-order valence-corrected chi connectivity index (χ2v) is 13.0. The van der Waals surface area contributed by atoms with Crippen molar-refractivity contribution in [2.45, 2.75) is 51.5 Å². The number of fused-ring (bicyclic) bond motifs is 5. The Hall–Kier alpha value is -4.14. The van der Waals surface area contributed by atoms with E-state index in [0.29, 0.717) is 22.3 Å². The highest BCUT2D eigenvalue weighted by atomic mass is 35.5. The average Bonchev–Trinajstić information content (AvgIpc) is 3.74. The fourth-order valence-corrected chi connectivity index (χ4v) is 6.67. The number of aromatic amines is 1. The molecule has 10 heteroatoms. The number of carbonyl (C=O) groups is 1. The van der Waals surface area contributed by atoms with E-state index in [4.69, 9.17) is 37.4 Å². The van der Waals surface area contributed by atoms with Crippen molar-refractivity contribution in [3.63, 3.8) is 0 Å². The highest BCUT2D eigenvalue weighted by molar-refractivity contribution is 6.39. The van der Waals surface area contributed by atoms with Crippen molar-refractivity contribution in [1.29, 1.82) is 0 Å². The minimum Gasteiger partial charge on any atom is -0.497 e. The monoisotopic (exact) mass is 630 g/mol. The molecule has 2 aromatic heterocycles. The van der Waals surface area contributed by atoms with E-state index in [1.165, 1.54) is 0 Å². The second-order valence-electron chi connectivity index (χ2n) is 12.2. The second kappa shape index (κ2) is 10.8. The van der Waals surface area contributed by atoms with Crippen molar-refractivity contribution in [2.75, 3.05) is 13.7 Å². The van der Waals surface area contributed by atoms with Crippen LogP contribution >= 0.6 is 23.2 Å². The van der Waals surface area contributed by atoms with E-state index in [-0.39, 0.29) is 12.1 Å². The summed E-state index contributed by atoms with van der Waals surface area (Å²) in [6.45, 7) is 6.26. The minimum atomic E-state index is -0.564. The van der Waals surface area contributed by atoms with Gasteiger partial charge in [-0.25, -0.2) is 9.78 Å². The van der Waals surface area contributed by atoms with Crippen molar-refractivity contribution < 1.29 is 19.0 Å². The summed E-state index contributed by atoms with van der Waals surface area (Å²) in [6, 6.07) is 19.4. The molecular formula is C34H32Cl2N4O4. The Labute approximate surface area is 265 Å². The summed E-state index contributed by atoms with van der Waals surface area (Å²) in [7, 11) is 1.65. The molecule has 0 aliphatic carbocycles. The lowest BCUT2D eigenvalue weighted by molar-refractivity contribution is 0.0218. The van der Waals surface area contributed by atoms with Gasteiger partial charge >= 0.3 is 6.09 Å². The first-order valence-electron chi connectivity index (χ1n) is 14.6. The summed E-state index contributed by atoms with van der Waals surface area (Å²) in [5.41, 5.74) is 4.72. The van der Waals surface area contributed by atoms with Crippen molar-refractivity contribution >= 4 is 40.2 Å². The van der Waals surface area contributed by atoms with Gasteiger partial charge in [0, 0.05) is 33.6 Å². The number of aromatic nitrogens is 3. The summed E-state index contributed by atoms with van der Waals surface area (Å²) < 4.78 is 20.1. The van der Waals surface area contributed by atoms with Crippen LogP contribution in [0.5, 0.6) is 11.5 Å². The molecule has 5 aromatic rings. The van der Waals surface area contributed by atoms with Gasteiger partial charge in [-0.05, 0) is 76.1 Å². The first-order valence-corrected chi connectivity index (χ1v) is 15.4. The van der Waals surface area contributed by atoms with Crippen LogP contribution < -0.4 is 9.47 Å². The van der Waals surface area contributed by atoms with Crippen LogP contribution in [0.15, 0.2) is 66.9 Å². The van der Waals surface area contributed by atoms with E-state index < -0.39 is 11.8 Å². The molecule has 1 saturated heterocycles. The van der Waals surface area contributed by atoms with E-state index in [2.05, 4.69) is 14.5 Å². The quantitative estimate of drug-likeness (QED) is 0.214. The molecule has 1 amide bonds. The number of ether oxygens (including phenoxy) is 3. The van der Waals surface area contributed by atoms with Crippen molar-refractivity contribution in [3.05, 3.63) is 88.3 Å². The smallest absolute Gasteiger partial charge is 0.410 e. The Morgan fingerprint density at radius 2 is 1.93 bits per heavy atom. The van der Waals surface area contributed by atoms with Crippen LogP contribution in [0.4, 0.5) is 4.79 Å². The molecule has 0 radical (unpaired) electrons. The first-order chi connectivity index (χ1) is 21.1. The van der Waals surface area contributed by atoms with Gasteiger partial charge in [0.25, 0.3) is 0 Å². The molecule has 1 fully saturated rings. The molecule has 8 nitrogen and oxygen atoms in total. The molecule has 2 unspecified atom stereocenters. The average molecular weight is 632 g/mol. The summed E-state index contributed by atoms with van der Waals surface area (Å²) in [5.74, 6) is 2.15. The van der Waals surface area contributed by atoms with Crippen LogP contribution in [0.3, 0.4) is 0 Å². The van der Waals surface area contributed by atoms with Crippen LogP contribution in [-0.4, -0.2) is 44.8 Å². The number of hydrogen-bond donors (Lipinski definition) is 1. The molecular weight excluding hydrogens is 599 g/mol. The Morgan fingerprint density at radius 1 is 1.09 bits per heavy atom. The number of rotatable bonds is 4. The molecule has 2 aliphatic heterocycles. The van der Waals surface area contributed by atoms with Gasteiger partial charge in [-0.3, -0.25) is 9.47 Å². The zero-order valence-electron chi connectivity index (χ0n) is 24.9. The Balaban J connectivity index is 1.28. The molecule has 0 saturated carbocycles. The predicted octanol–water partition coefficient (Wildman–Crippen LogP) is 9.03. The Kier molecular flexibility index (Phi) is 7.02. The van der Waals surface area contributed by atoms with E-state index in [1.807, 2.05) is 81.4 Å². The predicted molar refractivity (Wildman–Crippen MR) is 172 cm³/mol. The number of benzene rings is 3. The summed E-state index contributed by atoms with van der Waals surface area (Å²) >= 11 is 13.5. The third-order valence-corrected chi connectivity index (χ3v) is 8.71. The Morgan fingerprint density at radius 3 is 2.73 bits per heavy atom. The minimum absolute atomic E-state index is 0.175. The zero-order valence-corrected chi connectivity index (χ0v) is 26.4. The Bertz CT molecular complexity index is 1910. The van der Waals surface area contributed by atoms with Crippen molar-refractivity contribution in [2.24, 2.45) is 0 Å². The van der Waals surface area contributed by atoms with E-state index in [9.17, 15) is 4.79 Å². The van der Waals surface area contributed by atoms with Gasteiger partial charge in [-0.2, -0.15) is 0 Å². The molecule has 2 aliphatic rings. The number of halogens is 2. The van der Waals surface area contributed by atoms with Gasteiger partial charge < -0.3 is 19.2 Å². The van der Waals surface area contributed by atoms with Gasteiger partial charge in [0.15, 0.2) is 0 Å². The number of amides is 1.